The van der Waals surface area contributed by atoms with Crippen molar-refractivity contribution in [2.24, 2.45) is 0 Å². The monoisotopic (exact) mass is 292 g/mol. The van der Waals surface area contributed by atoms with E-state index in [0.29, 0.717) is 5.82 Å². The molecule has 0 unspecified atom stereocenters. The van der Waals surface area contributed by atoms with E-state index in [2.05, 4.69) is 31.2 Å². The summed E-state index contributed by atoms with van der Waals surface area (Å²) in [5.41, 5.74) is 6.66. The zero-order valence-corrected chi connectivity index (χ0v) is 10.8. The maximum atomic E-state index is 5.58. The van der Waals surface area contributed by atoms with Crippen molar-refractivity contribution < 1.29 is 0 Å². The molecule has 0 aliphatic rings. The van der Waals surface area contributed by atoms with E-state index in [1.807, 2.05) is 24.3 Å². The van der Waals surface area contributed by atoms with Gasteiger partial charge >= 0.3 is 0 Å². The average molecular weight is 293 g/mol. The van der Waals surface area contributed by atoms with Crippen molar-refractivity contribution in [2.75, 3.05) is 17.6 Å². The molecule has 2 aromatic rings. The Balaban J connectivity index is 1.85. The van der Waals surface area contributed by atoms with Gasteiger partial charge in [0.2, 0.25) is 0 Å². The van der Waals surface area contributed by atoms with E-state index in [-0.39, 0.29) is 0 Å². The highest BCUT2D eigenvalue weighted by Crippen LogP contribution is 2.13. The van der Waals surface area contributed by atoms with Crippen molar-refractivity contribution in [3.8, 4) is 0 Å². The third-order valence-electron chi connectivity index (χ3n) is 2.25. The molecular formula is C12H13BrN4. The molecule has 0 spiro atoms. The zero-order valence-electron chi connectivity index (χ0n) is 9.23. The molecule has 0 fully saturated rings. The Morgan fingerprint density at radius 2 is 1.94 bits per heavy atom. The van der Waals surface area contributed by atoms with Crippen LogP contribution in [-0.2, 0) is 6.42 Å². The normalized spacial score (nSPS) is 10.2. The quantitative estimate of drug-likeness (QED) is 0.909. The van der Waals surface area contributed by atoms with E-state index in [9.17, 15) is 0 Å². The molecule has 0 saturated carbocycles. The van der Waals surface area contributed by atoms with Crippen LogP contribution in [0.1, 0.15) is 5.82 Å². The summed E-state index contributed by atoms with van der Waals surface area (Å²) in [5.74, 6) is 1.27. The van der Waals surface area contributed by atoms with Gasteiger partial charge in [-0.05, 0) is 30.3 Å². The molecule has 0 atom stereocenters. The van der Waals surface area contributed by atoms with E-state index in [4.69, 9.17) is 5.73 Å². The number of rotatable bonds is 4. The molecule has 2 rings (SSSR count). The smallest absolute Gasteiger partial charge is 0.132 e. The molecule has 0 amide bonds. The van der Waals surface area contributed by atoms with Crippen molar-refractivity contribution in [3.05, 3.63) is 46.8 Å². The number of aromatic nitrogens is 2. The summed E-state index contributed by atoms with van der Waals surface area (Å²) >= 11 is 3.40. The minimum Gasteiger partial charge on any atom is -0.385 e. The number of anilines is 2. The summed E-state index contributed by atoms with van der Waals surface area (Å²) < 4.78 is 1.07. The lowest BCUT2D eigenvalue weighted by atomic mass is 10.3. The van der Waals surface area contributed by atoms with Gasteiger partial charge in [-0.15, -0.1) is 0 Å². The topological polar surface area (TPSA) is 63.8 Å². The van der Waals surface area contributed by atoms with E-state index in [1.165, 1.54) is 0 Å². The Kier molecular flexibility index (Phi) is 3.93. The Morgan fingerprint density at radius 3 is 2.65 bits per heavy atom. The van der Waals surface area contributed by atoms with Gasteiger partial charge in [0.15, 0.2) is 0 Å². The first-order valence-electron chi connectivity index (χ1n) is 5.31. The molecule has 0 bridgehead atoms. The number of halogens is 1. The van der Waals surface area contributed by atoms with Gasteiger partial charge in [0.05, 0.1) is 0 Å². The van der Waals surface area contributed by atoms with Gasteiger partial charge in [-0.3, -0.25) is 0 Å². The van der Waals surface area contributed by atoms with Crippen molar-refractivity contribution >= 4 is 27.4 Å². The van der Waals surface area contributed by atoms with Gasteiger partial charge in [0.25, 0.3) is 0 Å². The van der Waals surface area contributed by atoms with E-state index < -0.39 is 0 Å². The number of nitrogens with one attached hydrogen (secondary N) is 1. The minimum atomic E-state index is 0.513. The molecular weight excluding hydrogens is 280 g/mol. The second kappa shape index (κ2) is 5.63. The number of hydrogen-bond acceptors (Lipinski definition) is 4. The molecule has 0 saturated heterocycles. The van der Waals surface area contributed by atoms with Gasteiger partial charge in [0, 0.05) is 29.3 Å². The van der Waals surface area contributed by atoms with Crippen LogP contribution < -0.4 is 11.1 Å². The summed E-state index contributed by atoms with van der Waals surface area (Å²) in [6.45, 7) is 0.783. The number of nitrogens with two attached hydrogens (primary N) is 1. The molecule has 0 aliphatic heterocycles. The molecule has 5 heteroatoms. The lowest BCUT2D eigenvalue weighted by molar-refractivity contribution is 0.898. The highest BCUT2D eigenvalue weighted by atomic mass is 79.9. The lowest BCUT2D eigenvalue weighted by Crippen LogP contribution is -2.08. The summed E-state index contributed by atoms with van der Waals surface area (Å²) in [6, 6.07) is 9.72. The van der Waals surface area contributed by atoms with Crippen LogP contribution >= 0.6 is 15.9 Å². The van der Waals surface area contributed by atoms with Crippen LogP contribution in [-0.4, -0.2) is 16.5 Å². The first-order valence-corrected chi connectivity index (χ1v) is 6.10. The number of nitrogen functional groups attached to an aromatic ring is 1. The highest BCUT2D eigenvalue weighted by Gasteiger charge is 1.97. The third-order valence-corrected chi connectivity index (χ3v) is 2.78. The van der Waals surface area contributed by atoms with Gasteiger partial charge in [-0.25, -0.2) is 9.97 Å². The maximum Gasteiger partial charge on any atom is 0.132 e. The number of nitrogens with zero attached hydrogens (tertiary/aromatic N) is 2. The second-order valence-corrected chi connectivity index (χ2v) is 4.50. The van der Waals surface area contributed by atoms with Crippen LogP contribution in [0.15, 0.2) is 41.0 Å². The van der Waals surface area contributed by atoms with Crippen molar-refractivity contribution in [1.29, 1.82) is 0 Å². The largest absolute Gasteiger partial charge is 0.385 e. The molecule has 88 valence electrons. The first-order chi connectivity index (χ1) is 8.24. The Bertz CT molecular complexity index is 484. The van der Waals surface area contributed by atoms with E-state index >= 15 is 0 Å². The standard InChI is InChI=1S/C12H13BrN4/c13-9-1-3-10(4-2-9)15-8-6-12-16-7-5-11(14)17-12/h1-5,7,15H,6,8H2,(H2,14,16,17). The molecule has 4 nitrogen and oxygen atoms in total. The second-order valence-electron chi connectivity index (χ2n) is 3.58. The van der Waals surface area contributed by atoms with Gasteiger partial charge < -0.3 is 11.1 Å². The summed E-state index contributed by atoms with van der Waals surface area (Å²) in [7, 11) is 0. The maximum absolute atomic E-state index is 5.58. The molecule has 3 N–H and O–H groups in total. The fraction of sp³-hybridized carbons (Fsp3) is 0.167. The fourth-order valence-corrected chi connectivity index (χ4v) is 1.69. The van der Waals surface area contributed by atoms with Crippen molar-refractivity contribution in [3.63, 3.8) is 0 Å². The molecule has 0 aliphatic carbocycles. The molecule has 17 heavy (non-hydrogen) atoms. The first kappa shape index (κ1) is 11.9. The summed E-state index contributed by atoms with van der Waals surface area (Å²) in [4.78, 5) is 8.28. The zero-order chi connectivity index (χ0) is 12.1. The average Bonchev–Trinajstić information content (AvgIpc) is 2.32. The molecule has 0 radical (unpaired) electrons. The van der Waals surface area contributed by atoms with Crippen LogP contribution in [0.2, 0.25) is 0 Å². The summed E-state index contributed by atoms with van der Waals surface area (Å²) in [6.07, 6.45) is 2.43. The van der Waals surface area contributed by atoms with Crippen LogP contribution in [0.5, 0.6) is 0 Å². The minimum absolute atomic E-state index is 0.513. The predicted octanol–water partition coefficient (Wildman–Crippen LogP) is 2.48. The van der Waals surface area contributed by atoms with E-state index in [1.54, 1.807) is 12.3 Å². The van der Waals surface area contributed by atoms with Crippen LogP contribution in [0.25, 0.3) is 0 Å². The van der Waals surface area contributed by atoms with Gasteiger partial charge in [-0.1, -0.05) is 15.9 Å². The lowest BCUT2D eigenvalue weighted by Gasteiger charge is -2.05. The van der Waals surface area contributed by atoms with Crippen LogP contribution in [0.4, 0.5) is 11.5 Å². The van der Waals surface area contributed by atoms with Gasteiger partial charge in [-0.2, -0.15) is 0 Å². The van der Waals surface area contributed by atoms with Crippen molar-refractivity contribution in [1.82, 2.24) is 9.97 Å². The van der Waals surface area contributed by atoms with Gasteiger partial charge in [0.1, 0.15) is 11.6 Å². The van der Waals surface area contributed by atoms with Crippen LogP contribution in [0, 0.1) is 0 Å². The highest BCUT2D eigenvalue weighted by molar-refractivity contribution is 9.10. The number of hydrogen-bond donors (Lipinski definition) is 2. The Hall–Kier alpha value is -1.62. The Morgan fingerprint density at radius 1 is 1.18 bits per heavy atom. The Labute approximate surface area is 108 Å². The molecule has 1 aromatic carbocycles. The number of benzene rings is 1. The van der Waals surface area contributed by atoms with Crippen molar-refractivity contribution in [2.45, 2.75) is 6.42 Å². The van der Waals surface area contributed by atoms with E-state index in [0.717, 1.165) is 29.0 Å². The van der Waals surface area contributed by atoms with Crippen LogP contribution in [0.3, 0.4) is 0 Å². The predicted molar refractivity (Wildman–Crippen MR) is 72.8 cm³/mol. The fourth-order valence-electron chi connectivity index (χ4n) is 1.42. The SMILES string of the molecule is Nc1ccnc(CCNc2ccc(Br)cc2)n1. The summed E-state index contributed by atoms with van der Waals surface area (Å²) in [5, 5.41) is 3.30. The molecule has 1 aromatic heterocycles. The third kappa shape index (κ3) is 3.71. The molecule has 1 heterocycles.